The van der Waals surface area contributed by atoms with Crippen LogP contribution < -0.4 is 14.8 Å². The number of hydrogen-bond acceptors (Lipinski definition) is 4. The summed E-state index contributed by atoms with van der Waals surface area (Å²) >= 11 is 3.46. The van der Waals surface area contributed by atoms with Crippen molar-refractivity contribution in [3.63, 3.8) is 0 Å². The highest BCUT2D eigenvalue weighted by atomic mass is 79.9. The molecule has 1 fully saturated rings. The van der Waals surface area contributed by atoms with Gasteiger partial charge in [-0.1, -0.05) is 0 Å². The summed E-state index contributed by atoms with van der Waals surface area (Å²) in [5, 5.41) is 3.28. The summed E-state index contributed by atoms with van der Waals surface area (Å²) in [5.41, 5.74) is 0.607. The Labute approximate surface area is 133 Å². The number of piperazine rings is 1. The number of amides is 1. The van der Waals surface area contributed by atoms with E-state index in [2.05, 4.69) is 21.2 Å². The van der Waals surface area contributed by atoms with Crippen LogP contribution in [0.1, 0.15) is 24.2 Å². The first kappa shape index (κ1) is 16.1. The van der Waals surface area contributed by atoms with Gasteiger partial charge < -0.3 is 19.7 Å². The Kier molecular flexibility index (Phi) is 5.47. The third-order valence-corrected chi connectivity index (χ3v) is 4.12. The summed E-state index contributed by atoms with van der Waals surface area (Å²) in [6.45, 7) is 6.86. The zero-order valence-corrected chi connectivity index (χ0v) is 14.2. The molecule has 1 aliphatic rings. The van der Waals surface area contributed by atoms with E-state index >= 15 is 0 Å². The van der Waals surface area contributed by atoms with Crippen molar-refractivity contribution < 1.29 is 14.3 Å². The lowest BCUT2D eigenvalue weighted by molar-refractivity contribution is 0.0655. The molecule has 1 unspecified atom stereocenters. The van der Waals surface area contributed by atoms with Crippen LogP contribution >= 0.6 is 15.9 Å². The Balaban J connectivity index is 2.31. The van der Waals surface area contributed by atoms with Crippen molar-refractivity contribution in [3.8, 4) is 11.5 Å². The molecule has 1 aliphatic heterocycles. The molecule has 0 spiro atoms. The number of rotatable bonds is 4. The summed E-state index contributed by atoms with van der Waals surface area (Å²) in [6, 6.07) is 3.72. The smallest absolute Gasteiger partial charge is 0.254 e. The van der Waals surface area contributed by atoms with Crippen molar-refractivity contribution in [3.05, 3.63) is 22.2 Å². The Hall–Kier alpha value is -1.27. The van der Waals surface area contributed by atoms with Crippen LogP contribution in [0.2, 0.25) is 0 Å². The molecule has 0 aromatic heterocycles. The van der Waals surface area contributed by atoms with Gasteiger partial charge in [0.25, 0.3) is 5.91 Å². The van der Waals surface area contributed by atoms with E-state index in [1.54, 1.807) is 19.2 Å². The van der Waals surface area contributed by atoms with Crippen molar-refractivity contribution >= 4 is 21.8 Å². The molecule has 1 aromatic rings. The van der Waals surface area contributed by atoms with Gasteiger partial charge in [-0.05, 0) is 41.9 Å². The SMILES string of the molecule is CCOc1c(Br)cc(C(=O)N2CCNCC2C)cc1OC. The average Bonchev–Trinajstić information content (AvgIpc) is 2.49. The van der Waals surface area contributed by atoms with Gasteiger partial charge in [-0.25, -0.2) is 0 Å². The summed E-state index contributed by atoms with van der Waals surface area (Å²) in [6.07, 6.45) is 0. The number of methoxy groups -OCH3 is 1. The lowest BCUT2D eigenvalue weighted by Crippen LogP contribution is -2.52. The van der Waals surface area contributed by atoms with Gasteiger partial charge in [0.05, 0.1) is 18.2 Å². The van der Waals surface area contributed by atoms with Gasteiger partial charge in [0.2, 0.25) is 0 Å². The minimum absolute atomic E-state index is 0.0195. The first-order valence-electron chi connectivity index (χ1n) is 7.10. The Morgan fingerprint density at radius 1 is 1.52 bits per heavy atom. The molecule has 1 N–H and O–H groups in total. The molecule has 1 amide bonds. The van der Waals surface area contributed by atoms with E-state index in [9.17, 15) is 4.79 Å². The second kappa shape index (κ2) is 7.13. The fourth-order valence-corrected chi connectivity index (χ4v) is 2.99. The van der Waals surface area contributed by atoms with Crippen LogP contribution in [-0.2, 0) is 0 Å². The third-order valence-electron chi connectivity index (χ3n) is 3.53. The second-order valence-corrected chi connectivity index (χ2v) is 5.83. The highest BCUT2D eigenvalue weighted by Gasteiger charge is 2.25. The number of nitrogens with zero attached hydrogens (tertiary/aromatic N) is 1. The Bertz CT molecular complexity index is 522. The number of carbonyl (C=O) groups is 1. The van der Waals surface area contributed by atoms with E-state index in [1.165, 1.54) is 0 Å². The number of ether oxygens (including phenoxy) is 2. The first-order valence-corrected chi connectivity index (χ1v) is 7.89. The minimum atomic E-state index is 0.0195. The molecule has 1 aromatic carbocycles. The predicted molar refractivity (Wildman–Crippen MR) is 85.2 cm³/mol. The molecule has 0 bridgehead atoms. The fourth-order valence-electron chi connectivity index (χ4n) is 2.44. The van der Waals surface area contributed by atoms with Crippen LogP contribution in [0.25, 0.3) is 0 Å². The van der Waals surface area contributed by atoms with E-state index < -0.39 is 0 Å². The normalized spacial score (nSPS) is 18.5. The van der Waals surface area contributed by atoms with E-state index in [4.69, 9.17) is 9.47 Å². The average molecular weight is 357 g/mol. The number of hydrogen-bond donors (Lipinski definition) is 1. The summed E-state index contributed by atoms with van der Waals surface area (Å²) < 4.78 is 11.6. The monoisotopic (exact) mass is 356 g/mol. The minimum Gasteiger partial charge on any atom is -0.493 e. The van der Waals surface area contributed by atoms with Crippen LogP contribution in [-0.4, -0.2) is 50.2 Å². The molecule has 2 rings (SSSR count). The molecular weight excluding hydrogens is 336 g/mol. The molecule has 1 saturated heterocycles. The number of benzene rings is 1. The molecule has 5 nitrogen and oxygen atoms in total. The lowest BCUT2D eigenvalue weighted by atomic mass is 10.1. The van der Waals surface area contributed by atoms with Gasteiger partial charge in [0.15, 0.2) is 11.5 Å². The van der Waals surface area contributed by atoms with Crippen LogP contribution in [0.5, 0.6) is 11.5 Å². The molecule has 0 saturated carbocycles. The van der Waals surface area contributed by atoms with Crippen molar-refractivity contribution in [1.29, 1.82) is 0 Å². The zero-order valence-electron chi connectivity index (χ0n) is 12.6. The van der Waals surface area contributed by atoms with E-state index in [0.717, 1.165) is 17.6 Å². The van der Waals surface area contributed by atoms with Crippen molar-refractivity contribution in [2.45, 2.75) is 19.9 Å². The van der Waals surface area contributed by atoms with Gasteiger partial charge in [-0.15, -0.1) is 0 Å². The fraction of sp³-hybridized carbons (Fsp3) is 0.533. The third kappa shape index (κ3) is 3.49. The topological polar surface area (TPSA) is 50.8 Å². The van der Waals surface area contributed by atoms with Gasteiger partial charge in [-0.3, -0.25) is 4.79 Å². The lowest BCUT2D eigenvalue weighted by Gasteiger charge is -2.34. The molecule has 1 heterocycles. The van der Waals surface area contributed by atoms with Crippen LogP contribution in [0, 0.1) is 0 Å². The van der Waals surface area contributed by atoms with Crippen LogP contribution in [0.15, 0.2) is 16.6 Å². The van der Waals surface area contributed by atoms with Gasteiger partial charge >= 0.3 is 0 Å². The quantitative estimate of drug-likeness (QED) is 0.899. The first-order chi connectivity index (χ1) is 10.1. The molecule has 1 atom stereocenters. The Morgan fingerprint density at radius 2 is 2.29 bits per heavy atom. The van der Waals surface area contributed by atoms with E-state index in [1.807, 2.05) is 18.7 Å². The number of carbonyl (C=O) groups excluding carboxylic acids is 1. The van der Waals surface area contributed by atoms with Gasteiger partial charge in [0, 0.05) is 31.2 Å². The summed E-state index contributed by atoms with van der Waals surface area (Å²) in [4.78, 5) is 14.6. The van der Waals surface area contributed by atoms with Crippen LogP contribution in [0.4, 0.5) is 0 Å². The maximum Gasteiger partial charge on any atom is 0.254 e. The zero-order chi connectivity index (χ0) is 15.4. The summed E-state index contributed by atoms with van der Waals surface area (Å²) in [5.74, 6) is 1.22. The molecular formula is C15H21BrN2O3. The highest BCUT2D eigenvalue weighted by Crippen LogP contribution is 2.37. The standard InChI is InChI=1S/C15H21BrN2O3/c1-4-21-14-12(16)7-11(8-13(14)20-3)15(19)18-6-5-17-9-10(18)2/h7-8,10,17H,4-6,9H2,1-3H3. The van der Waals surface area contributed by atoms with E-state index in [0.29, 0.717) is 30.2 Å². The predicted octanol–water partition coefficient (Wildman–Crippen LogP) is 2.29. The van der Waals surface area contributed by atoms with Crippen molar-refractivity contribution in [2.75, 3.05) is 33.4 Å². The molecule has 0 aliphatic carbocycles. The van der Waals surface area contributed by atoms with E-state index in [-0.39, 0.29) is 11.9 Å². The van der Waals surface area contributed by atoms with Crippen molar-refractivity contribution in [1.82, 2.24) is 10.2 Å². The van der Waals surface area contributed by atoms with Crippen molar-refractivity contribution in [2.24, 2.45) is 0 Å². The van der Waals surface area contributed by atoms with Gasteiger partial charge in [0.1, 0.15) is 0 Å². The van der Waals surface area contributed by atoms with Crippen LogP contribution in [0.3, 0.4) is 0 Å². The second-order valence-electron chi connectivity index (χ2n) is 4.97. The number of halogens is 1. The maximum atomic E-state index is 12.7. The summed E-state index contributed by atoms with van der Waals surface area (Å²) in [7, 11) is 1.58. The van der Waals surface area contributed by atoms with Gasteiger partial charge in [-0.2, -0.15) is 0 Å². The maximum absolute atomic E-state index is 12.7. The largest absolute Gasteiger partial charge is 0.493 e. The highest BCUT2D eigenvalue weighted by molar-refractivity contribution is 9.10. The Morgan fingerprint density at radius 3 is 2.90 bits per heavy atom. The molecule has 6 heteroatoms. The molecule has 116 valence electrons. The molecule has 21 heavy (non-hydrogen) atoms. The number of nitrogens with one attached hydrogen (secondary N) is 1. The molecule has 0 radical (unpaired) electrons.